The van der Waals surface area contributed by atoms with Crippen molar-refractivity contribution >= 4 is 21.8 Å². The molecule has 2 aliphatic heterocycles. The van der Waals surface area contributed by atoms with E-state index in [0.717, 1.165) is 34.1 Å². The minimum Gasteiger partial charge on any atom is -0.440 e. The number of aliphatic hydroxyl groups excluding tert-OH is 1. The Balaban J connectivity index is 1.58. The maximum absolute atomic E-state index is 13.7. The predicted molar refractivity (Wildman–Crippen MR) is 158 cm³/mol. The van der Waals surface area contributed by atoms with Crippen LogP contribution in [0.4, 0.5) is 10.5 Å². The van der Waals surface area contributed by atoms with Crippen LogP contribution in [0.1, 0.15) is 18.9 Å². The van der Waals surface area contributed by atoms with E-state index < -0.39 is 57.5 Å². The van der Waals surface area contributed by atoms with Crippen molar-refractivity contribution in [2.75, 3.05) is 26.3 Å². The highest BCUT2D eigenvalue weighted by molar-refractivity contribution is 7.89. The number of nitrogens with zero attached hydrogens (tertiary/aromatic N) is 2. The molecule has 2 heterocycles. The molecule has 4 rings (SSSR count). The first-order valence-corrected chi connectivity index (χ1v) is 15.3. The highest BCUT2D eigenvalue weighted by Gasteiger charge is 2.52. The number of hydrogen-bond donors (Lipinski definition) is 2. The summed E-state index contributed by atoms with van der Waals surface area (Å²) >= 11 is 0. The fourth-order valence-corrected chi connectivity index (χ4v) is 6.80. The van der Waals surface area contributed by atoms with Gasteiger partial charge in [-0.1, -0.05) is 42.5 Å². The number of alkyl carbamates (subject to hydrolysis) is 1. The first kappa shape index (κ1) is 32.3. The Kier molecular flexibility index (Phi) is 10.4. The largest absolute Gasteiger partial charge is 0.440 e. The molecule has 0 spiro atoms. The lowest BCUT2D eigenvalue weighted by Gasteiger charge is -2.32. The van der Waals surface area contributed by atoms with Gasteiger partial charge >= 0.3 is 6.09 Å². The highest BCUT2D eigenvalue weighted by Crippen LogP contribution is 2.40. The molecule has 2 fully saturated rings. The summed E-state index contributed by atoms with van der Waals surface area (Å²) in [5.41, 5.74) is -0.394. The number of aliphatic hydroxyl groups is 1. The van der Waals surface area contributed by atoms with Gasteiger partial charge in [0.1, 0.15) is 5.60 Å². The van der Waals surface area contributed by atoms with E-state index in [1.54, 1.807) is 6.92 Å². The van der Waals surface area contributed by atoms with E-state index in [0.29, 0.717) is 13.0 Å². The minimum absolute atomic E-state index is 0.107. The maximum atomic E-state index is 13.7. The van der Waals surface area contributed by atoms with Gasteiger partial charge in [-0.15, -0.1) is 13.2 Å². The van der Waals surface area contributed by atoms with E-state index in [1.807, 2.05) is 30.3 Å². The summed E-state index contributed by atoms with van der Waals surface area (Å²) in [7, 11) is -4.25. The lowest BCUT2D eigenvalue weighted by molar-refractivity contribution is -0.384. The molecule has 5 atom stereocenters. The standard InChI is InChI=1S/C30H37N3O9S/c1-4-21(5-2)18-32(43(38,39)24-13-11-23(12-14-24)33(36)37)19-27(34)26(17-22-9-7-6-8-10-22)31-29(35)42-30(3)20-41-28-25(30)15-16-40-28/h4-14,21,25-28,34H,1-2,15-20H2,3H3,(H,31,35)/t25-,26+,27-,28-,30+/m1/s1. The molecule has 0 aromatic heterocycles. The monoisotopic (exact) mass is 615 g/mol. The van der Waals surface area contributed by atoms with Crippen LogP contribution in [0.3, 0.4) is 0 Å². The van der Waals surface area contributed by atoms with Crippen molar-refractivity contribution < 1.29 is 37.5 Å². The molecule has 0 aliphatic carbocycles. The number of benzene rings is 2. The van der Waals surface area contributed by atoms with Gasteiger partial charge < -0.3 is 24.6 Å². The van der Waals surface area contributed by atoms with Gasteiger partial charge in [-0.2, -0.15) is 4.31 Å². The zero-order chi connectivity index (χ0) is 31.2. The second kappa shape index (κ2) is 13.8. The number of hydrogen-bond acceptors (Lipinski definition) is 9. The summed E-state index contributed by atoms with van der Waals surface area (Å²) in [5, 5.41) is 25.3. The van der Waals surface area contributed by atoms with Crippen molar-refractivity contribution in [2.24, 2.45) is 11.8 Å². The first-order valence-electron chi connectivity index (χ1n) is 13.9. The fraction of sp³-hybridized carbons (Fsp3) is 0.433. The third-order valence-electron chi connectivity index (χ3n) is 7.85. The number of nitro benzene ring substituents is 1. The van der Waals surface area contributed by atoms with Gasteiger partial charge in [0.25, 0.3) is 5.69 Å². The van der Waals surface area contributed by atoms with Crippen LogP contribution in [0.25, 0.3) is 0 Å². The normalized spacial score (nSPS) is 23.0. The molecule has 2 aromatic rings. The van der Waals surface area contributed by atoms with E-state index in [4.69, 9.17) is 14.2 Å². The van der Waals surface area contributed by atoms with Gasteiger partial charge in [0.2, 0.25) is 10.0 Å². The summed E-state index contributed by atoms with van der Waals surface area (Å²) in [5.74, 6) is -0.595. The Morgan fingerprint density at radius 3 is 2.49 bits per heavy atom. The summed E-state index contributed by atoms with van der Waals surface area (Å²) in [6.07, 6.45) is 1.30. The molecule has 2 aliphatic rings. The average Bonchev–Trinajstić information content (AvgIpc) is 3.59. The number of carbonyl (C=O) groups excluding carboxylic acids is 1. The van der Waals surface area contributed by atoms with Crippen molar-refractivity contribution in [1.29, 1.82) is 0 Å². The van der Waals surface area contributed by atoms with Crippen LogP contribution in [-0.2, 0) is 30.7 Å². The number of carbonyl (C=O) groups is 1. The van der Waals surface area contributed by atoms with Crippen molar-refractivity contribution in [3.63, 3.8) is 0 Å². The molecule has 0 saturated carbocycles. The zero-order valence-electron chi connectivity index (χ0n) is 23.9. The molecule has 2 aromatic carbocycles. The van der Waals surface area contributed by atoms with E-state index in [9.17, 15) is 28.4 Å². The van der Waals surface area contributed by atoms with Gasteiger partial charge in [-0.3, -0.25) is 10.1 Å². The lowest BCUT2D eigenvalue weighted by Crippen LogP contribution is -2.53. The highest BCUT2D eigenvalue weighted by atomic mass is 32.2. The third-order valence-corrected chi connectivity index (χ3v) is 9.69. The molecule has 0 unspecified atom stereocenters. The molecule has 0 bridgehead atoms. The Hall–Kier alpha value is -3.62. The molecule has 2 saturated heterocycles. The molecule has 12 nitrogen and oxygen atoms in total. The molecule has 43 heavy (non-hydrogen) atoms. The summed E-state index contributed by atoms with van der Waals surface area (Å²) in [6.45, 7) is 9.39. The van der Waals surface area contributed by atoms with Crippen LogP contribution >= 0.6 is 0 Å². The van der Waals surface area contributed by atoms with Crippen LogP contribution in [0, 0.1) is 22.0 Å². The summed E-state index contributed by atoms with van der Waals surface area (Å²) in [6, 6.07) is 12.7. The Morgan fingerprint density at radius 2 is 1.86 bits per heavy atom. The molecule has 232 valence electrons. The van der Waals surface area contributed by atoms with Gasteiger partial charge in [0.05, 0.1) is 41.1 Å². The molecule has 2 N–H and O–H groups in total. The van der Waals surface area contributed by atoms with Crippen molar-refractivity contribution in [1.82, 2.24) is 9.62 Å². The molecular weight excluding hydrogens is 578 g/mol. The van der Waals surface area contributed by atoms with Crippen LogP contribution in [0.2, 0.25) is 0 Å². The summed E-state index contributed by atoms with van der Waals surface area (Å²) < 4.78 is 45.6. The quantitative estimate of drug-likeness (QED) is 0.185. The number of amides is 1. The van der Waals surface area contributed by atoms with E-state index >= 15 is 0 Å². The van der Waals surface area contributed by atoms with Crippen LogP contribution in [-0.4, -0.2) is 79.2 Å². The Morgan fingerprint density at radius 1 is 1.19 bits per heavy atom. The van der Waals surface area contributed by atoms with Crippen LogP contribution in [0.15, 0.2) is 84.8 Å². The van der Waals surface area contributed by atoms with Crippen molar-refractivity contribution in [3.8, 4) is 0 Å². The predicted octanol–water partition coefficient (Wildman–Crippen LogP) is 3.42. The fourth-order valence-electron chi connectivity index (χ4n) is 5.30. The third kappa shape index (κ3) is 7.67. The Labute approximate surface area is 251 Å². The number of fused-ring (bicyclic) bond motifs is 1. The van der Waals surface area contributed by atoms with Crippen molar-refractivity contribution in [3.05, 3.63) is 95.6 Å². The molecule has 13 heteroatoms. The van der Waals surface area contributed by atoms with Gasteiger partial charge in [0, 0.05) is 31.1 Å². The topological polar surface area (TPSA) is 158 Å². The summed E-state index contributed by atoms with van der Waals surface area (Å²) in [4.78, 5) is 23.5. The number of rotatable bonds is 14. The smallest absolute Gasteiger partial charge is 0.408 e. The SMILES string of the molecule is C=CC(C=C)CN(C[C@@H](O)[C@H](Cc1ccccc1)NC(=O)O[C@@]1(C)CO[C@H]2OCC[C@H]21)S(=O)(=O)c1ccc([N+](=O)[O-])cc1. The van der Waals surface area contributed by atoms with E-state index in [1.165, 1.54) is 12.2 Å². The minimum atomic E-state index is -4.25. The first-order chi connectivity index (χ1) is 20.5. The Bertz CT molecular complexity index is 1400. The molecular formula is C30H37N3O9S. The second-order valence-electron chi connectivity index (χ2n) is 10.9. The van der Waals surface area contributed by atoms with Gasteiger partial charge in [0.15, 0.2) is 6.29 Å². The number of nitro groups is 1. The van der Waals surface area contributed by atoms with Gasteiger partial charge in [-0.05, 0) is 37.5 Å². The number of non-ortho nitro benzene ring substituents is 1. The number of ether oxygens (including phenoxy) is 3. The maximum Gasteiger partial charge on any atom is 0.408 e. The number of nitrogens with one attached hydrogen (secondary N) is 1. The average molecular weight is 616 g/mol. The van der Waals surface area contributed by atoms with Gasteiger partial charge in [-0.25, -0.2) is 13.2 Å². The zero-order valence-corrected chi connectivity index (χ0v) is 24.7. The second-order valence-corrected chi connectivity index (χ2v) is 12.8. The molecule has 0 radical (unpaired) electrons. The molecule has 1 amide bonds. The lowest BCUT2D eigenvalue weighted by atomic mass is 9.90. The number of sulfonamides is 1. The van der Waals surface area contributed by atoms with E-state index in [-0.39, 0.29) is 36.1 Å². The van der Waals surface area contributed by atoms with E-state index in [2.05, 4.69) is 18.5 Å². The van der Waals surface area contributed by atoms with Crippen LogP contribution < -0.4 is 5.32 Å². The van der Waals surface area contributed by atoms with Crippen LogP contribution in [0.5, 0.6) is 0 Å². The van der Waals surface area contributed by atoms with Crippen molar-refractivity contribution in [2.45, 2.75) is 48.7 Å².